The van der Waals surface area contributed by atoms with E-state index >= 15 is 0 Å². The van der Waals surface area contributed by atoms with Gasteiger partial charge in [-0.3, -0.25) is 4.90 Å². The van der Waals surface area contributed by atoms with E-state index in [-0.39, 0.29) is 0 Å². The third kappa shape index (κ3) is 4.17. The maximum Gasteiger partial charge on any atom is 0.0507 e. The van der Waals surface area contributed by atoms with Crippen LogP contribution in [0.25, 0.3) is 0 Å². The van der Waals surface area contributed by atoms with Gasteiger partial charge in [-0.1, -0.05) is 34.1 Å². The number of ether oxygens (including phenoxy) is 1. The summed E-state index contributed by atoms with van der Waals surface area (Å²) in [5.41, 5.74) is 0.349. The average molecular weight is 268 g/mol. The van der Waals surface area contributed by atoms with Crippen LogP contribution in [0.2, 0.25) is 0 Å². The Bertz CT molecular complexity index is 268. The maximum absolute atomic E-state index is 5.55. The predicted octanol–water partition coefficient (Wildman–Crippen LogP) is 2.51. The summed E-state index contributed by atoms with van der Waals surface area (Å²) >= 11 is 0. The molecule has 2 rings (SSSR count). The summed E-state index contributed by atoms with van der Waals surface area (Å²) in [6.07, 6.45) is 3.85. The first-order valence-electron chi connectivity index (χ1n) is 8.06. The second kappa shape index (κ2) is 6.55. The number of hydrogen-bond donors (Lipinski definition) is 1. The molecule has 3 heteroatoms. The van der Waals surface area contributed by atoms with Crippen LogP contribution in [0, 0.1) is 11.3 Å². The lowest BCUT2D eigenvalue weighted by Gasteiger charge is -2.46. The molecule has 0 spiro atoms. The topological polar surface area (TPSA) is 24.5 Å². The zero-order valence-electron chi connectivity index (χ0n) is 13.2. The largest absolute Gasteiger partial charge is 0.381 e. The molecule has 0 aromatic heterocycles. The first-order valence-corrected chi connectivity index (χ1v) is 8.06. The third-order valence-corrected chi connectivity index (χ3v) is 4.72. The van der Waals surface area contributed by atoms with E-state index in [0.29, 0.717) is 11.5 Å². The first kappa shape index (κ1) is 15.3. The van der Waals surface area contributed by atoms with E-state index in [1.54, 1.807) is 0 Å². The Kier molecular flexibility index (Phi) is 5.27. The normalized spacial score (nSPS) is 33.8. The number of piperazine rings is 1. The molecule has 3 unspecified atom stereocenters. The lowest BCUT2D eigenvalue weighted by molar-refractivity contribution is 0.0644. The van der Waals surface area contributed by atoms with Gasteiger partial charge in [0.2, 0.25) is 0 Å². The van der Waals surface area contributed by atoms with Crippen LogP contribution in [-0.4, -0.2) is 49.8 Å². The quantitative estimate of drug-likeness (QED) is 0.848. The van der Waals surface area contributed by atoms with Crippen LogP contribution >= 0.6 is 0 Å². The molecule has 0 amide bonds. The van der Waals surface area contributed by atoms with Gasteiger partial charge in [-0.05, 0) is 24.2 Å². The van der Waals surface area contributed by atoms with Crippen molar-refractivity contribution in [3.63, 3.8) is 0 Å². The zero-order chi connectivity index (χ0) is 13.9. The predicted molar refractivity (Wildman–Crippen MR) is 80.4 cm³/mol. The van der Waals surface area contributed by atoms with Gasteiger partial charge in [0.15, 0.2) is 0 Å². The first-order chi connectivity index (χ1) is 9.00. The van der Waals surface area contributed by atoms with Crippen LogP contribution in [0.1, 0.15) is 47.0 Å². The van der Waals surface area contributed by atoms with Crippen LogP contribution < -0.4 is 5.32 Å². The summed E-state index contributed by atoms with van der Waals surface area (Å²) in [6, 6.07) is 1.34. The van der Waals surface area contributed by atoms with Crippen LogP contribution in [0.5, 0.6) is 0 Å². The molecule has 2 aliphatic rings. The molecule has 3 nitrogen and oxygen atoms in total. The zero-order valence-corrected chi connectivity index (χ0v) is 13.2. The minimum Gasteiger partial charge on any atom is -0.381 e. The highest BCUT2D eigenvalue weighted by Crippen LogP contribution is 2.26. The second-order valence-electron chi connectivity index (χ2n) is 7.45. The number of nitrogens with zero attached hydrogens (tertiary/aromatic N) is 1. The fourth-order valence-corrected chi connectivity index (χ4v) is 3.34. The van der Waals surface area contributed by atoms with Gasteiger partial charge in [-0.25, -0.2) is 0 Å². The fourth-order valence-electron chi connectivity index (χ4n) is 3.34. The fraction of sp³-hybridized carbons (Fsp3) is 1.00. The average Bonchev–Trinajstić information content (AvgIpc) is 2.83. The van der Waals surface area contributed by atoms with Gasteiger partial charge < -0.3 is 10.1 Å². The smallest absolute Gasteiger partial charge is 0.0507 e. The Balaban J connectivity index is 1.95. The summed E-state index contributed by atoms with van der Waals surface area (Å²) in [5.74, 6) is 0.762. The minimum atomic E-state index is 0.349. The standard InChI is InChI=1S/C16H32N2O/c1-5-6-14-9-17-15(16(2,3)4)11-18(14)10-13-7-8-19-12-13/h13-15,17H,5-12H2,1-4H3. The van der Waals surface area contributed by atoms with Crippen molar-refractivity contribution in [2.45, 2.75) is 59.0 Å². The molecule has 1 N–H and O–H groups in total. The minimum absolute atomic E-state index is 0.349. The summed E-state index contributed by atoms with van der Waals surface area (Å²) in [7, 11) is 0. The lowest BCUT2D eigenvalue weighted by Crippen LogP contribution is -2.61. The summed E-state index contributed by atoms with van der Waals surface area (Å²) in [6.45, 7) is 14.9. The van der Waals surface area contributed by atoms with Gasteiger partial charge in [0.25, 0.3) is 0 Å². The molecular formula is C16H32N2O. The van der Waals surface area contributed by atoms with E-state index in [9.17, 15) is 0 Å². The Labute approximate surface area is 119 Å². The molecule has 0 radical (unpaired) electrons. The van der Waals surface area contributed by atoms with E-state index in [4.69, 9.17) is 4.74 Å². The van der Waals surface area contributed by atoms with Gasteiger partial charge >= 0.3 is 0 Å². The molecule has 19 heavy (non-hydrogen) atoms. The molecule has 3 atom stereocenters. The molecule has 0 saturated carbocycles. The van der Waals surface area contributed by atoms with Crippen LogP contribution in [0.3, 0.4) is 0 Å². The molecule has 0 bridgehead atoms. The van der Waals surface area contributed by atoms with E-state index < -0.39 is 0 Å². The van der Waals surface area contributed by atoms with E-state index in [1.807, 2.05) is 0 Å². The highest BCUT2D eigenvalue weighted by Gasteiger charge is 2.34. The van der Waals surface area contributed by atoms with Crippen LogP contribution in [-0.2, 0) is 4.74 Å². The van der Waals surface area contributed by atoms with Crippen molar-refractivity contribution in [3.8, 4) is 0 Å². The summed E-state index contributed by atoms with van der Waals surface area (Å²) in [5, 5.41) is 3.78. The van der Waals surface area contributed by atoms with Gasteiger partial charge in [0, 0.05) is 38.3 Å². The van der Waals surface area contributed by atoms with Gasteiger partial charge in [0.05, 0.1) is 6.61 Å². The number of nitrogens with one attached hydrogen (secondary N) is 1. The second-order valence-corrected chi connectivity index (χ2v) is 7.45. The molecule has 0 aromatic rings. The lowest BCUT2D eigenvalue weighted by atomic mass is 9.84. The highest BCUT2D eigenvalue weighted by atomic mass is 16.5. The van der Waals surface area contributed by atoms with Gasteiger partial charge in [0.1, 0.15) is 0 Å². The monoisotopic (exact) mass is 268 g/mol. The molecule has 2 fully saturated rings. The maximum atomic E-state index is 5.55. The summed E-state index contributed by atoms with van der Waals surface area (Å²) < 4.78 is 5.55. The van der Waals surface area contributed by atoms with Gasteiger partial charge in [-0.2, -0.15) is 0 Å². The van der Waals surface area contributed by atoms with Crippen molar-refractivity contribution in [2.75, 3.05) is 32.8 Å². The molecule has 2 aliphatic heterocycles. The molecule has 2 heterocycles. The third-order valence-electron chi connectivity index (χ3n) is 4.72. The Hall–Kier alpha value is -0.120. The Morgan fingerprint density at radius 3 is 2.68 bits per heavy atom. The molecule has 2 saturated heterocycles. The molecule has 0 aliphatic carbocycles. The van der Waals surface area contributed by atoms with E-state index in [1.165, 1.54) is 32.4 Å². The van der Waals surface area contributed by atoms with Crippen LogP contribution in [0.15, 0.2) is 0 Å². The molecular weight excluding hydrogens is 236 g/mol. The SMILES string of the molecule is CCCC1CNC(C(C)(C)C)CN1CC1CCOC1. The van der Waals surface area contributed by atoms with E-state index in [0.717, 1.165) is 31.7 Å². The van der Waals surface area contributed by atoms with Crippen molar-refractivity contribution in [3.05, 3.63) is 0 Å². The molecule has 112 valence electrons. The Morgan fingerprint density at radius 2 is 2.11 bits per heavy atom. The summed E-state index contributed by atoms with van der Waals surface area (Å²) in [4.78, 5) is 2.75. The number of rotatable bonds is 4. The van der Waals surface area contributed by atoms with Crippen LogP contribution in [0.4, 0.5) is 0 Å². The van der Waals surface area contributed by atoms with Crippen molar-refractivity contribution in [2.24, 2.45) is 11.3 Å². The molecule has 0 aromatic carbocycles. The number of hydrogen-bond acceptors (Lipinski definition) is 3. The highest BCUT2D eigenvalue weighted by molar-refractivity contribution is 4.92. The van der Waals surface area contributed by atoms with Crippen molar-refractivity contribution in [1.29, 1.82) is 0 Å². The van der Waals surface area contributed by atoms with Gasteiger partial charge in [-0.15, -0.1) is 0 Å². The van der Waals surface area contributed by atoms with Crippen molar-refractivity contribution in [1.82, 2.24) is 10.2 Å². The Morgan fingerprint density at radius 1 is 1.32 bits per heavy atom. The van der Waals surface area contributed by atoms with Crippen molar-refractivity contribution < 1.29 is 4.74 Å². The van der Waals surface area contributed by atoms with Crippen molar-refractivity contribution >= 4 is 0 Å². The van der Waals surface area contributed by atoms with E-state index in [2.05, 4.69) is 37.9 Å².